The van der Waals surface area contributed by atoms with E-state index in [1.54, 1.807) is 0 Å². The van der Waals surface area contributed by atoms with Gasteiger partial charge in [0, 0.05) is 15.6 Å². The highest BCUT2D eigenvalue weighted by atomic mass is 79.9. The van der Waals surface area contributed by atoms with E-state index < -0.39 is 29.9 Å². The number of benzene rings is 2. The van der Waals surface area contributed by atoms with E-state index >= 15 is 0 Å². The number of halogens is 3. The Morgan fingerprint density at radius 1 is 1.15 bits per heavy atom. The summed E-state index contributed by atoms with van der Waals surface area (Å²) in [5.41, 5.74) is 0.963. The molecule has 0 unspecified atom stereocenters. The van der Waals surface area contributed by atoms with Gasteiger partial charge in [0.15, 0.2) is 0 Å². The lowest BCUT2D eigenvalue weighted by Gasteiger charge is -2.06. The van der Waals surface area contributed by atoms with E-state index in [9.17, 15) is 18.4 Å². The van der Waals surface area contributed by atoms with Crippen LogP contribution in [0.5, 0.6) is 0 Å². The van der Waals surface area contributed by atoms with E-state index in [-0.39, 0.29) is 12.5 Å². The molecule has 0 aliphatic carbocycles. The molecule has 1 aromatic heterocycles. The summed E-state index contributed by atoms with van der Waals surface area (Å²) < 4.78 is 37.2. The van der Waals surface area contributed by atoms with Crippen molar-refractivity contribution in [3.05, 3.63) is 74.7 Å². The summed E-state index contributed by atoms with van der Waals surface area (Å²) in [5, 5.41) is 3.89. The Morgan fingerprint density at radius 2 is 1.85 bits per heavy atom. The standard InChI is InChI=1S/C17H11BrF2N2O4/c18-14-7-13(20)6-3-11(14)9-25-15(23)8-22-17(24)26-16(21-22)10-1-4-12(19)5-2-10/h1-7H,8-9H2. The summed E-state index contributed by atoms with van der Waals surface area (Å²) in [6.07, 6.45) is 0. The first kappa shape index (κ1) is 18.0. The molecule has 134 valence electrons. The summed E-state index contributed by atoms with van der Waals surface area (Å²) in [7, 11) is 0. The lowest BCUT2D eigenvalue weighted by molar-refractivity contribution is -0.146. The maximum Gasteiger partial charge on any atom is 0.437 e. The number of esters is 1. The van der Waals surface area contributed by atoms with Crippen LogP contribution in [0.4, 0.5) is 8.78 Å². The van der Waals surface area contributed by atoms with E-state index in [4.69, 9.17) is 9.15 Å². The molecule has 0 aliphatic rings. The average Bonchev–Trinajstić information content (AvgIpc) is 2.95. The zero-order chi connectivity index (χ0) is 18.7. The van der Waals surface area contributed by atoms with Gasteiger partial charge in [-0.1, -0.05) is 22.0 Å². The quantitative estimate of drug-likeness (QED) is 0.587. The van der Waals surface area contributed by atoms with Gasteiger partial charge in [-0.2, -0.15) is 4.68 Å². The third kappa shape index (κ3) is 4.23. The van der Waals surface area contributed by atoms with Crippen molar-refractivity contribution in [1.82, 2.24) is 9.78 Å². The van der Waals surface area contributed by atoms with E-state index in [0.29, 0.717) is 15.6 Å². The van der Waals surface area contributed by atoms with Gasteiger partial charge in [-0.05, 0) is 36.4 Å². The van der Waals surface area contributed by atoms with Gasteiger partial charge in [-0.3, -0.25) is 4.79 Å². The highest BCUT2D eigenvalue weighted by molar-refractivity contribution is 9.10. The number of carbonyl (C=O) groups is 1. The Morgan fingerprint density at radius 3 is 2.54 bits per heavy atom. The summed E-state index contributed by atoms with van der Waals surface area (Å²) in [6, 6.07) is 9.16. The fraction of sp³-hybridized carbons (Fsp3) is 0.118. The summed E-state index contributed by atoms with van der Waals surface area (Å²) in [6.45, 7) is -0.556. The van der Waals surface area contributed by atoms with Gasteiger partial charge in [0.2, 0.25) is 5.89 Å². The number of aromatic nitrogens is 2. The fourth-order valence-corrected chi connectivity index (χ4v) is 2.55. The summed E-state index contributed by atoms with van der Waals surface area (Å²) >= 11 is 3.17. The Bertz CT molecular complexity index is 999. The van der Waals surface area contributed by atoms with Crippen molar-refractivity contribution < 1.29 is 22.7 Å². The Balaban J connectivity index is 1.66. The molecule has 0 saturated heterocycles. The van der Waals surface area contributed by atoms with Crippen molar-refractivity contribution in [2.75, 3.05) is 0 Å². The molecular formula is C17H11BrF2N2O4. The molecule has 0 radical (unpaired) electrons. The second kappa shape index (κ2) is 7.61. The Hall–Kier alpha value is -2.81. The molecule has 0 atom stereocenters. The Kier molecular flexibility index (Phi) is 5.27. The summed E-state index contributed by atoms with van der Waals surface area (Å²) in [4.78, 5) is 23.7. The molecule has 3 rings (SSSR count). The number of nitrogens with zero attached hydrogens (tertiary/aromatic N) is 2. The normalized spacial score (nSPS) is 10.7. The van der Waals surface area contributed by atoms with Gasteiger partial charge in [0.25, 0.3) is 0 Å². The van der Waals surface area contributed by atoms with Crippen LogP contribution >= 0.6 is 15.9 Å². The first-order chi connectivity index (χ1) is 12.4. The maximum atomic E-state index is 13.0. The molecule has 0 amide bonds. The van der Waals surface area contributed by atoms with Crippen LogP contribution in [0.2, 0.25) is 0 Å². The number of ether oxygens (including phenoxy) is 1. The molecule has 3 aromatic rings. The number of carbonyl (C=O) groups excluding carboxylic acids is 1. The van der Waals surface area contributed by atoms with Gasteiger partial charge >= 0.3 is 11.7 Å². The minimum atomic E-state index is -0.843. The van der Waals surface area contributed by atoms with Crippen LogP contribution in [0, 0.1) is 11.6 Å². The molecule has 0 N–H and O–H groups in total. The molecule has 9 heteroatoms. The second-order valence-electron chi connectivity index (χ2n) is 5.23. The minimum Gasteiger partial charge on any atom is -0.459 e. The van der Waals surface area contributed by atoms with Crippen LogP contribution in [0.1, 0.15) is 5.56 Å². The monoisotopic (exact) mass is 424 g/mol. The van der Waals surface area contributed by atoms with Gasteiger partial charge in [-0.15, -0.1) is 5.10 Å². The molecule has 0 saturated carbocycles. The van der Waals surface area contributed by atoms with Crippen LogP contribution in [0.3, 0.4) is 0 Å². The van der Waals surface area contributed by atoms with Crippen molar-refractivity contribution in [1.29, 1.82) is 0 Å². The lowest BCUT2D eigenvalue weighted by Crippen LogP contribution is -2.23. The first-order valence-corrected chi connectivity index (χ1v) is 8.15. The molecule has 0 spiro atoms. The zero-order valence-electron chi connectivity index (χ0n) is 13.1. The van der Waals surface area contributed by atoms with Crippen LogP contribution in [0.15, 0.2) is 56.1 Å². The predicted octanol–water partition coefficient (Wildman–Crippen LogP) is 3.29. The molecule has 26 heavy (non-hydrogen) atoms. The third-order valence-corrected chi connectivity index (χ3v) is 4.12. The molecule has 0 bridgehead atoms. The largest absolute Gasteiger partial charge is 0.459 e. The fourth-order valence-electron chi connectivity index (χ4n) is 2.08. The van der Waals surface area contributed by atoms with E-state index in [1.807, 2.05) is 0 Å². The average molecular weight is 425 g/mol. The molecule has 0 aliphatic heterocycles. The maximum absolute atomic E-state index is 13.0. The zero-order valence-corrected chi connectivity index (χ0v) is 14.7. The highest BCUT2D eigenvalue weighted by Gasteiger charge is 2.14. The first-order valence-electron chi connectivity index (χ1n) is 7.36. The van der Waals surface area contributed by atoms with Crippen molar-refractivity contribution in [3.63, 3.8) is 0 Å². The van der Waals surface area contributed by atoms with Crippen molar-refractivity contribution in [2.45, 2.75) is 13.2 Å². The minimum absolute atomic E-state index is 0.0379. The molecule has 0 fully saturated rings. The third-order valence-electron chi connectivity index (χ3n) is 3.38. The van der Waals surface area contributed by atoms with Gasteiger partial charge in [0.05, 0.1) is 0 Å². The van der Waals surface area contributed by atoms with E-state index in [1.165, 1.54) is 42.5 Å². The van der Waals surface area contributed by atoms with Crippen molar-refractivity contribution in [2.24, 2.45) is 0 Å². The second-order valence-corrected chi connectivity index (χ2v) is 6.09. The van der Waals surface area contributed by atoms with Crippen molar-refractivity contribution in [3.8, 4) is 11.5 Å². The summed E-state index contributed by atoms with van der Waals surface area (Å²) in [5.74, 6) is -2.46. The molecule has 6 nitrogen and oxygen atoms in total. The van der Waals surface area contributed by atoms with Crippen LogP contribution in [-0.4, -0.2) is 15.7 Å². The SMILES string of the molecule is O=C(Cn1nc(-c2ccc(F)cc2)oc1=O)OCc1ccc(F)cc1Br. The van der Waals surface area contributed by atoms with Crippen LogP contribution in [0.25, 0.3) is 11.5 Å². The smallest absolute Gasteiger partial charge is 0.437 e. The van der Waals surface area contributed by atoms with Gasteiger partial charge < -0.3 is 9.15 Å². The number of hydrogen-bond acceptors (Lipinski definition) is 5. The lowest BCUT2D eigenvalue weighted by atomic mass is 10.2. The van der Waals surface area contributed by atoms with Crippen molar-refractivity contribution >= 4 is 21.9 Å². The predicted molar refractivity (Wildman–Crippen MR) is 90.1 cm³/mol. The van der Waals surface area contributed by atoms with E-state index in [0.717, 1.165) is 4.68 Å². The molecular weight excluding hydrogens is 414 g/mol. The topological polar surface area (TPSA) is 74.3 Å². The van der Waals surface area contributed by atoms with Crippen LogP contribution < -0.4 is 5.76 Å². The van der Waals surface area contributed by atoms with Gasteiger partial charge in [-0.25, -0.2) is 13.6 Å². The number of rotatable bonds is 5. The Labute approximate surface area is 154 Å². The molecule has 2 aromatic carbocycles. The number of hydrogen-bond donors (Lipinski definition) is 0. The van der Waals surface area contributed by atoms with Gasteiger partial charge in [0.1, 0.15) is 24.8 Å². The highest BCUT2D eigenvalue weighted by Crippen LogP contribution is 2.19. The molecule has 1 heterocycles. The van der Waals surface area contributed by atoms with E-state index in [2.05, 4.69) is 21.0 Å². The van der Waals surface area contributed by atoms with Crippen LogP contribution in [-0.2, 0) is 22.7 Å².